The Labute approximate surface area is 170 Å². The molecule has 29 heavy (non-hydrogen) atoms. The quantitative estimate of drug-likeness (QED) is 0.596. The third-order valence-electron chi connectivity index (χ3n) is 4.24. The van der Waals surface area contributed by atoms with Crippen molar-refractivity contribution in [3.05, 3.63) is 89.9 Å². The minimum absolute atomic E-state index is 0.163. The van der Waals surface area contributed by atoms with Gasteiger partial charge >= 0.3 is 0 Å². The molecule has 150 valence electrons. The zero-order valence-electron chi connectivity index (χ0n) is 16.2. The number of nitrogens with one attached hydrogen (secondary N) is 1. The van der Waals surface area contributed by atoms with E-state index in [0.717, 1.165) is 11.3 Å². The lowest BCUT2D eigenvalue weighted by atomic mass is 10.2. The van der Waals surface area contributed by atoms with Gasteiger partial charge in [-0.2, -0.15) is 4.31 Å². The topological polar surface area (TPSA) is 79.6 Å². The fourth-order valence-electron chi connectivity index (χ4n) is 2.70. The summed E-state index contributed by atoms with van der Waals surface area (Å²) < 4.78 is 32.2. The van der Waals surface area contributed by atoms with E-state index in [2.05, 4.69) is 5.32 Å². The van der Waals surface area contributed by atoms with Crippen LogP contribution in [0, 0.1) is 6.92 Å². The van der Waals surface area contributed by atoms with Crippen molar-refractivity contribution in [3.63, 3.8) is 0 Å². The van der Waals surface area contributed by atoms with Gasteiger partial charge in [0.2, 0.25) is 15.9 Å². The van der Waals surface area contributed by atoms with Gasteiger partial charge in [-0.1, -0.05) is 30.3 Å². The number of hydrogen-bond acceptors (Lipinski definition) is 4. The lowest BCUT2D eigenvalue weighted by molar-refractivity contribution is -0.111. The predicted molar refractivity (Wildman–Crippen MR) is 113 cm³/mol. The minimum atomic E-state index is -3.63. The van der Waals surface area contributed by atoms with Crippen LogP contribution >= 0.6 is 0 Å². The number of aryl methyl sites for hydroxylation is 1. The maximum absolute atomic E-state index is 12.7. The second kappa shape index (κ2) is 8.89. The highest BCUT2D eigenvalue weighted by Crippen LogP contribution is 2.19. The Kier molecular flexibility index (Phi) is 6.31. The van der Waals surface area contributed by atoms with Crippen LogP contribution in [0.15, 0.2) is 82.1 Å². The molecule has 2 aromatic carbocycles. The molecule has 0 aliphatic carbocycles. The van der Waals surface area contributed by atoms with Crippen LogP contribution < -0.4 is 5.32 Å². The summed E-state index contributed by atoms with van der Waals surface area (Å²) in [7, 11) is -2.09. The number of amides is 1. The number of rotatable bonds is 7. The van der Waals surface area contributed by atoms with Crippen LogP contribution in [-0.2, 0) is 21.4 Å². The second-order valence-electron chi connectivity index (χ2n) is 6.54. The summed E-state index contributed by atoms with van der Waals surface area (Å²) in [5.74, 6) is 1.01. The number of nitrogens with zero attached hydrogens (tertiary/aromatic N) is 1. The molecule has 0 atom stereocenters. The molecule has 0 aliphatic heterocycles. The standard InChI is InChI=1S/C22H22N2O4S/c1-17-8-11-20(28-17)12-15-22(25)23-19-9-13-21(14-10-19)29(26,27)24(2)16-18-6-4-3-5-7-18/h3-15H,16H2,1-2H3,(H,23,25)/b15-12+. The van der Waals surface area contributed by atoms with E-state index in [-0.39, 0.29) is 17.3 Å². The molecular formula is C22H22N2O4S. The Balaban J connectivity index is 1.64. The average molecular weight is 410 g/mol. The summed E-state index contributed by atoms with van der Waals surface area (Å²) in [4.78, 5) is 12.2. The summed E-state index contributed by atoms with van der Waals surface area (Å²) >= 11 is 0. The fraction of sp³-hybridized carbons (Fsp3) is 0.136. The highest BCUT2D eigenvalue weighted by molar-refractivity contribution is 7.89. The molecule has 1 aromatic heterocycles. The molecule has 0 bridgehead atoms. The van der Waals surface area contributed by atoms with Gasteiger partial charge in [-0.15, -0.1) is 0 Å². The molecule has 0 saturated heterocycles. The van der Waals surface area contributed by atoms with Crippen LogP contribution in [0.5, 0.6) is 0 Å². The van der Waals surface area contributed by atoms with Gasteiger partial charge in [0.15, 0.2) is 0 Å². The van der Waals surface area contributed by atoms with Gasteiger partial charge in [0.25, 0.3) is 0 Å². The number of anilines is 1. The monoisotopic (exact) mass is 410 g/mol. The van der Waals surface area contributed by atoms with Crippen molar-refractivity contribution in [2.45, 2.75) is 18.4 Å². The van der Waals surface area contributed by atoms with E-state index >= 15 is 0 Å². The van der Waals surface area contributed by atoms with E-state index in [9.17, 15) is 13.2 Å². The van der Waals surface area contributed by atoms with Gasteiger partial charge in [0.05, 0.1) is 4.90 Å². The van der Waals surface area contributed by atoms with Crippen LogP contribution in [-0.4, -0.2) is 25.7 Å². The first-order chi connectivity index (χ1) is 13.8. The lowest BCUT2D eigenvalue weighted by Gasteiger charge is -2.17. The number of carbonyl (C=O) groups excluding carboxylic acids is 1. The maximum atomic E-state index is 12.7. The third-order valence-corrected chi connectivity index (χ3v) is 6.06. The Morgan fingerprint density at radius 2 is 1.72 bits per heavy atom. The molecule has 0 spiro atoms. The van der Waals surface area contributed by atoms with Crippen LogP contribution in [0.2, 0.25) is 0 Å². The zero-order valence-corrected chi connectivity index (χ0v) is 17.0. The summed E-state index contributed by atoms with van der Waals surface area (Å²) in [5.41, 5.74) is 1.40. The number of furan rings is 1. The van der Waals surface area contributed by atoms with Gasteiger partial charge in [0, 0.05) is 25.4 Å². The van der Waals surface area contributed by atoms with Gasteiger partial charge < -0.3 is 9.73 Å². The maximum Gasteiger partial charge on any atom is 0.248 e. The Morgan fingerprint density at radius 1 is 1.03 bits per heavy atom. The highest BCUT2D eigenvalue weighted by atomic mass is 32.2. The number of sulfonamides is 1. The SMILES string of the molecule is Cc1ccc(/C=C/C(=O)Nc2ccc(S(=O)(=O)N(C)Cc3ccccc3)cc2)o1. The first-order valence-corrected chi connectivity index (χ1v) is 10.4. The van der Waals surface area contributed by atoms with Crippen molar-refractivity contribution in [2.24, 2.45) is 0 Å². The van der Waals surface area contributed by atoms with Crippen molar-refractivity contribution in [1.82, 2.24) is 4.31 Å². The van der Waals surface area contributed by atoms with Gasteiger partial charge in [-0.25, -0.2) is 8.42 Å². The Hall–Kier alpha value is -3.16. The molecule has 7 heteroatoms. The van der Waals surface area contributed by atoms with Crippen LogP contribution in [0.1, 0.15) is 17.1 Å². The van der Waals surface area contributed by atoms with E-state index in [1.807, 2.05) is 43.3 Å². The van der Waals surface area contributed by atoms with Crippen LogP contribution in [0.4, 0.5) is 5.69 Å². The number of hydrogen-bond donors (Lipinski definition) is 1. The second-order valence-corrected chi connectivity index (χ2v) is 8.59. The van der Waals surface area contributed by atoms with E-state index in [0.29, 0.717) is 11.4 Å². The molecule has 0 radical (unpaired) electrons. The van der Waals surface area contributed by atoms with Gasteiger partial charge in [0.1, 0.15) is 11.5 Å². The minimum Gasteiger partial charge on any atom is -0.462 e. The Morgan fingerprint density at radius 3 is 2.34 bits per heavy atom. The molecule has 0 fully saturated rings. The van der Waals surface area contributed by atoms with Crippen molar-refractivity contribution in [2.75, 3.05) is 12.4 Å². The van der Waals surface area contributed by atoms with Crippen LogP contribution in [0.25, 0.3) is 6.08 Å². The largest absolute Gasteiger partial charge is 0.462 e. The summed E-state index contributed by atoms with van der Waals surface area (Å²) in [6, 6.07) is 19.0. The van der Waals surface area contributed by atoms with E-state index in [1.54, 1.807) is 31.3 Å². The van der Waals surface area contributed by atoms with Gasteiger partial charge in [-0.3, -0.25) is 4.79 Å². The average Bonchev–Trinajstić information content (AvgIpc) is 3.13. The first kappa shape index (κ1) is 20.6. The van der Waals surface area contributed by atoms with Gasteiger partial charge in [-0.05, 0) is 55.0 Å². The van der Waals surface area contributed by atoms with E-state index in [4.69, 9.17) is 4.42 Å². The molecule has 1 N–H and O–H groups in total. The molecule has 3 rings (SSSR count). The van der Waals surface area contributed by atoms with Crippen molar-refractivity contribution < 1.29 is 17.6 Å². The first-order valence-electron chi connectivity index (χ1n) is 9.00. The fourth-order valence-corrected chi connectivity index (χ4v) is 3.86. The molecule has 0 aliphatic rings. The highest BCUT2D eigenvalue weighted by Gasteiger charge is 2.20. The van der Waals surface area contributed by atoms with Crippen LogP contribution in [0.3, 0.4) is 0 Å². The number of benzene rings is 2. The van der Waals surface area contributed by atoms with Crippen molar-refractivity contribution >= 4 is 27.7 Å². The number of carbonyl (C=O) groups is 1. The molecule has 0 saturated carbocycles. The van der Waals surface area contributed by atoms with E-state index in [1.165, 1.54) is 22.5 Å². The van der Waals surface area contributed by atoms with Crippen molar-refractivity contribution in [3.8, 4) is 0 Å². The summed E-state index contributed by atoms with van der Waals surface area (Å²) in [5, 5.41) is 2.69. The summed E-state index contributed by atoms with van der Waals surface area (Å²) in [6.07, 6.45) is 2.93. The normalized spacial score (nSPS) is 11.8. The molecule has 0 unspecified atom stereocenters. The zero-order chi connectivity index (χ0) is 20.9. The summed E-state index contributed by atoms with van der Waals surface area (Å²) in [6.45, 7) is 2.10. The third kappa shape index (κ3) is 5.43. The lowest BCUT2D eigenvalue weighted by Crippen LogP contribution is -2.26. The van der Waals surface area contributed by atoms with Crippen molar-refractivity contribution in [1.29, 1.82) is 0 Å². The molecule has 6 nitrogen and oxygen atoms in total. The Bertz CT molecular complexity index is 1100. The molecule has 1 amide bonds. The predicted octanol–water partition coefficient (Wildman–Crippen LogP) is 4.06. The molecular weight excluding hydrogens is 388 g/mol. The molecule has 3 aromatic rings. The van der Waals surface area contributed by atoms with E-state index < -0.39 is 10.0 Å². The smallest absolute Gasteiger partial charge is 0.248 e. The molecule has 1 heterocycles.